The van der Waals surface area contributed by atoms with Crippen molar-refractivity contribution in [1.29, 1.82) is 0 Å². The smallest absolute Gasteiger partial charge is 0.290 e. The van der Waals surface area contributed by atoms with Crippen LogP contribution >= 0.6 is 11.8 Å². The van der Waals surface area contributed by atoms with Gasteiger partial charge in [-0.25, -0.2) is 0 Å². The average molecular weight is 384 g/mol. The van der Waals surface area contributed by atoms with Gasteiger partial charge in [-0.15, -0.1) is 0 Å². The Kier molecular flexibility index (Phi) is 6.56. The summed E-state index contributed by atoms with van der Waals surface area (Å²) in [7, 11) is 0. The van der Waals surface area contributed by atoms with Crippen molar-refractivity contribution in [3.05, 3.63) is 46.9 Å². The van der Waals surface area contributed by atoms with Crippen molar-refractivity contribution >= 4 is 39.8 Å². The first kappa shape index (κ1) is 19.5. The van der Waals surface area contributed by atoms with E-state index in [9.17, 15) is 9.59 Å². The van der Waals surface area contributed by atoms with Crippen LogP contribution in [0.15, 0.2) is 41.3 Å². The standard InChI is InChI=1S/C22H25NO3S/c1-3-5-6-7-18(4-2)26-19-11-10-16-12-15(8-9-17(16)14-19)13-20-21(24)23-22(25)27-20/h8-14,18H,3-7H2,1-2H3,(H,23,24,25)/b20-13-. The van der Waals surface area contributed by atoms with Crippen LogP contribution in [0.1, 0.15) is 51.5 Å². The fraction of sp³-hybridized carbons (Fsp3) is 0.364. The third kappa shape index (κ3) is 5.13. The molecule has 1 unspecified atom stereocenters. The minimum absolute atomic E-state index is 0.258. The minimum atomic E-state index is -0.331. The molecule has 1 aliphatic rings. The van der Waals surface area contributed by atoms with Gasteiger partial charge in [-0.2, -0.15) is 0 Å². The molecule has 0 aliphatic carbocycles. The molecule has 0 saturated carbocycles. The van der Waals surface area contributed by atoms with Gasteiger partial charge in [-0.05, 0) is 71.6 Å². The molecule has 1 fully saturated rings. The maximum absolute atomic E-state index is 11.7. The number of carbonyl (C=O) groups is 2. The van der Waals surface area contributed by atoms with Crippen molar-refractivity contribution in [2.75, 3.05) is 0 Å². The van der Waals surface area contributed by atoms with E-state index in [-0.39, 0.29) is 17.3 Å². The molecule has 3 rings (SSSR count). The molecule has 0 bridgehead atoms. The Morgan fingerprint density at radius 3 is 2.56 bits per heavy atom. The molecule has 0 spiro atoms. The number of carbonyl (C=O) groups excluding carboxylic acids is 2. The van der Waals surface area contributed by atoms with Gasteiger partial charge < -0.3 is 4.74 Å². The minimum Gasteiger partial charge on any atom is -0.490 e. The molecule has 2 aromatic carbocycles. The van der Waals surface area contributed by atoms with Gasteiger partial charge in [0.2, 0.25) is 0 Å². The number of fused-ring (bicyclic) bond motifs is 1. The summed E-state index contributed by atoms with van der Waals surface area (Å²) in [5.74, 6) is 0.566. The Hall–Kier alpha value is -2.27. The summed E-state index contributed by atoms with van der Waals surface area (Å²) in [5.41, 5.74) is 0.898. The molecule has 2 aromatic rings. The third-order valence-corrected chi connectivity index (χ3v) is 5.47. The molecule has 1 atom stereocenters. The molecule has 27 heavy (non-hydrogen) atoms. The number of hydrogen-bond acceptors (Lipinski definition) is 4. The van der Waals surface area contributed by atoms with E-state index < -0.39 is 0 Å². The van der Waals surface area contributed by atoms with Crippen molar-refractivity contribution in [3.63, 3.8) is 0 Å². The number of unbranched alkanes of at least 4 members (excludes halogenated alkanes) is 2. The number of thioether (sulfide) groups is 1. The van der Waals surface area contributed by atoms with Crippen LogP contribution in [0.3, 0.4) is 0 Å². The van der Waals surface area contributed by atoms with Crippen molar-refractivity contribution < 1.29 is 14.3 Å². The van der Waals surface area contributed by atoms with E-state index >= 15 is 0 Å². The largest absolute Gasteiger partial charge is 0.490 e. The first-order chi connectivity index (χ1) is 13.1. The quantitative estimate of drug-likeness (QED) is 0.455. The van der Waals surface area contributed by atoms with Crippen LogP contribution < -0.4 is 10.1 Å². The molecule has 142 valence electrons. The lowest BCUT2D eigenvalue weighted by Gasteiger charge is -2.18. The molecule has 1 heterocycles. The summed E-state index contributed by atoms with van der Waals surface area (Å²) < 4.78 is 6.18. The van der Waals surface area contributed by atoms with Crippen LogP contribution in [-0.2, 0) is 4.79 Å². The molecular formula is C22H25NO3S. The molecule has 2 amide bonds. The van der Waals surface area contributed by atoms with Gasteiger partial charge in [0.05, 0.1) is 11.0 Å². The number of hydrogen-bond donors (Lipinski definition) is 1. The first-order valence-corrected chi connectivity index (χ1v) is 10.4. The molecule has 1 aliphatic heterocycles. The van der Waals surface area contributed by atoms with Crippen LogP contribution in [-0.4, -0.2) is 17.3 Å². The van der Waals surface area contributed by atoms with E-state index in [0.717, 1.165) is 46.7 Å². The van der Waals surface area contributed by atoms with Gasteiger partial charge in [0.25, 0.3) is 11.1 Å². The van der Waals surface area contributed by atoms with Crippen LogP contribution in [0, 0.1) is 0 Å². The second-order valence-electron chi connectivity index (χ2n) is 6.76. The number of rotatable bonds is 8. The monoisotopic (exact) mass is 383 g/mol. The van der Waals surface area contributed by atoms with E-state index in [2.05, 4.69) is 25.2 Å². The van der Waals surface area contributed by atoms with E-state index in [1.54, 1.807) is 6.08 Å². The summed E-state index contributed by atoms with van der Waals surface area (Å²) in [6, 6.07) is 12.1. The summed E-state index contributed by atoms with van der Waals surface area (Å²) >= 11 is 0.935. The fourth-order valence-corrected chi connectivity index (χ4v) is 3.82. The lowest BCUT2D eigenvalue weighted by Crippen LogP contribution is -2.17. The normalized spacial score (nSPS) is 16.7. The average Bonchev–Trinajstić information content (AvgIpc) is 2.98. The number of nitrogens with one attached hydrogen (secondary N) is 1. The maximum Gasteiger partial charge on any atom is 0.290 e. The van der Waals surface area contributed by atoms with Crippen molar-refractivity contribution in [1.82, 2.24) is 5.32 Å². The number of ether oxygens (including phenoxy) is 1. The predicted molar refractivity (Wildman–Crippen MR) is 112 cm³/mol. The van der Waals surface area contributed by atoms with E-state index in [0.29, 0.717) is 4.91 Å². The highest BCUT2D eigenvalue weighted by Crippen LogP contribution is 2.28. The van der Waals surface area contributed by atoms with Crippen molar-refractivity contribution in [2.24, 2.45) is 0 Å². The topological polar surface area (TPSA) is 55.4 Å². The highest BCUT2D eigenvalue weighted by atomic mass is 32.2. The van der Waals surface area contributed by atoms with Gasteiger partial charge in [-0.3, -0.25) is 14.9 Å². The zero-order valence-electron chi connectivity index (χ0n) is 15.8. The highest BCUT2D eigenvalue weighted by Gasteiger charge is 2.24. The van der Waals surface area contributed by atoms with Gasteiger partial charge in [-0.1, -0.05) is 44.9 Å². The third-order valence-electron chi connectivity index (χ3n) is 4.66. The predicted octanol–water partition coefficient (Wildman–Crippen LogP) is 5.90. The van der Waals surface area contributed by atoms with Crippen LogP contribution in [0.25, 0.3) is 16.8 Å². The Bertz CT molecular complexity index is 875. The van der Waals surface area contributed by atoms with E-state index in [1.807, 2.05) is 30.3 Å². The maximum atomic E-state index is 11.7. The van der Waals surface area contributed by atoms with E-state index in [4.69, 9.17) is 4.74 Å². The molecular weight excluding hydrogens is 358 g/mol. The number of imide groups is 1. The zero-order valence-corrected chi connectivity index (χ0v) is 16.6. The summed E-state index contributed by atoms with van der Waals surface area (Å²) in [6.07, 6.45) is 7.77. The van der Waals surface area contributed by atoms with Gasteiger partial charge in [0.1, 0.15) is 5.75 Å². The van der Waals surface area contributed by atoms with Gasteiger partial charge in [0, 0.05) is 0 Å². The molecule has 1 saturated heterocycles. The van der Waals surface area contributed by atoms with Crippen LogP contribution in [0.2, 0.25) is 0 Å². The Morgan fingerprint density at radius 2 is 1.85 bits per heavy atom. The molecule has 5 heteroatoms. The summed E-state index contributed by atoms with van der Waals surface area (Å²) in [6.45, 7) is 4.38. The second-order valence-corrected chi connectivity index (χ2v) is 7.78. The number of benzene rings is 2. The fourth-order valence-electron chi connectivity index (χ4n) is 3.14. The van der Waals surface area contributed by atoms with E-state index in [1.165, 1.54) is 19.3 Å². The SMILES string of the molecule is CCCCCC(CC)Oc1ccc2cc(/C=C3\SC(=O)NC3=O)ccc2c1. The molecule has 0 aromatic heterocycles. The Balaban J connectivity index is 1.74. The highest BCUT2D eigenvalue weighted by molar-refractivity contribution is 8.18. The lowest BCUT2D eigenvalue weighted by atomic mass is 10.1. The molecule has 4 nitrogen and oxygen atoms in total. The van der Waals surface area contributed by atoms with Crippen molar-refractivity contribution in [3.8, 4) is 5.75 Å². The Labute approximate surface area is 164 Å². The second kappa shape index (κ2) is 9.09. The summed E-state index contributed by atoms with van der Waals surface area (Å²) in [5, 5.41) is 4.12. The first-order valence-electron chi connectivity index (χ1n) is 9.54. The lowest BCUT2D eigenvalue weighted by molar-refractivity contribution is -0.115. The van der Waals surface area contributed by atoms with Crippen molar-refractivity contribution in [2.45, 2.75) is 52.1 Å². The van der Waals surface area contributed by atoms with Gasteiger partial charge >= 0.3 is 0 Å². The van der Waals surface area contributed by atoms with Crippen LogP contribution in [0.4, 0.5) is 4.79 Å². The Morgan fingerprint density at radius 1 is 1.07 bits per heavy atom. The summed E-state index contributed by atoms with van der Waals surface area (Å²) in [4.78, 5) is 23.4. The van der Waals surface area contributed by atoms with Gasteiger partial charge in [0.15, 0.2) is 0 Å². The molecule has 1 N–H and O–H groups in total. The zero-order chi connectivity index (χ0) is 19.2. The van der Waals surface area contributed by atoms with Crippen LogP contribution in [0.5, 0.6) is 5.75 Å². The molecule has 0 radical (unpaired) electrons. The number of amides is 2.